The SMILES string of the molecule is Cc1sc(NC(=O)c2cccs2)c([C@H](c2ccc(Cl)cc2Cl)N2CCOCC2)c1C. The first-order chi connectivity index (χ1) is 14.5. The maximum atomic E-state index is 12.8. The number of carbonyl (C=O) groups excluding carboxylic acids is 1. The van der Waals surface area contributed by atoms with Gasteiger partial charge in [-0.3, -0.25) is 9.69 Å². The van der Waals surface area contributed by atoms with Crippen LogP contribution in [0.1, 0.15) is 37.3 Å². The number of carbonyl (C=O) groups is 1. The van der Waals surface area contributed by atoms with Crippen molar-refractivity contribution in [3.63, 3.8) is 0 Å². The van der Waals surface area contributed by atoms with Gasteiger partial charge >= 0.3 is 0 Å². The average molecular weight is 481 g/mol. The van der Waals surface area contributed by atoms with Crippen LogP contribution in [0, 0.1) is 13.8 Å². The topological polar surface area (TPSA) is 41.6 Å². The van der Waals surface area contributed by atoms with Crippen LogP contribution in [0.5, 0.6) is 0 Å². The lowest BCUT2D eigenvalue weighted by molar-refractivity contribution is 0.0240. The van der Waals surface area contributed by atoms with E-state index >= 15 is 0 Å². The number of nitrogens with one attached hydrogen (secondary N) is 1. The second-order valence-corrected chi connectivity index (χ2v) is 10.2. The van der Waals surface area contributed by atoms with E-state index in [0.29, 0.717) is 28.1 Å². The molecule has 0 unspecified atom stereocenters. The fraction of sp³-hybridized carbons (Fsp3) is 0.318. The smallest absolute Gasteiger partial charge is 0.266 e. The zero-order valence-electron chi connectivity index (χ0n) is 16.7. The van der Waals surface area contributed by atoms with Gasteiger partial charge in [0.05, 0.1) is 24.1 Å². The number of hydrogen-bond donors (Lipinski definition) is 1. The zero-order chi connectivity index (χ0) is 21.3. The summed E-state index contributed by atoms with van der Waals surface area (Å²) in [7, 11) is 0. The summed E-state index contributed by atoms with van der Waals surface area (Å²) in [4.78, 5) is 17.1. The normalized spacial score (nSPS) is 15.9. The van der Waals surface area contributed by atoms with E-state index in [9.17, 15) is 4.79 Å². The Morgan fingerprint density at radius 3 is 2.63 bits per heavy atom. The molecular formula is C22H22Cl2N2O2S2. The fourth-order valence-corrected chi connectivity index (χ4v) is 5.95. The molecule has 1 N–H and O–H groups in total. The molecule has 1 amide bonds. The van der Waals surface area contributed by atoms with E-state index in [4.69, 9.17) is 27.9 Å². The van der Waals surface area contributed by atoms with Crippen LogP contribution in [0.25, 0.3) is 0 Å². The molecule has 4 nitrogen and oxygen atoms in total. The number of rotatable bonds is 5. The van der Waals surface area contributed by atoms with Crippen LogP contribution >= 0.6 is 45.9 Å². The van der Waals surface area contributed by atoms with Crippen LogP contribution in [0.15, 0.2) is 35.7 Å². The highest BCUT2D eigenvalue weighted by atomic mass is 35.5. The number of halogens is 2. The van der Waals surface area contributed by atoms with Gasteiger partial charge in [0.1, 0.15) is 5.00 Å². The third-order valence-electron chi connectivity index (χ3n) is 5.35. The Balaban J connectivity index is 1.81. The van der Waals surface area contributed by atoms with Crippen molar-refractivity contribution in [3.05, 3.63) is 72.2 Å². The first kappa shape index (κ1) is 21.8. The van der Waals surface area contributed by atoms with Crippen molar-refractivity contribution < 1.29 is 9.53 Å². The second kappa shape index (κ2) is 9.39. The number of ether oxygens (including phenoxy) is 1. The Labute approximate surface area is 194 Å². The lowest BCUT2D eigenvalue weighted by Crippen LogP contribution is -2.40. The van der Waals surface area contributed by atoms with Gasteiger partial charge in [-0.25, -0.2) is 0 Å². The fourth-order valence-electron chi connectivity index (χ4n) is 3.73. The Bertz CT molecular complexity index is 1040. The second-order valence-electron chi connectivity index (χ2n) is 7.17. The largest absolute Gasteiger partial charge is 0.379 e. The Hall–Kier alpha value is -1.41. The Morgan fingerprint density at radius 1 is 1.20 bits per heavy atom. The van der Waals surface area contributed by atoms with Crippen LogP contribution in [-0.2, 0) is 4.74 Å². The molecule has 0 saturated carbocycles. The van der Waals surface area contributed by atoms with Crippen molar-refractivity contribution in [2.24, 2.45) is 0 Å². The van der Waals surface area contributed by atoms with Crippen LogP contribution in [0.3, 0.4) is 0 Å². The molecule has 2 aromatic heterocycles. The molecule has 1 atom stereocenters. The molecule has 0 spiro atoms. The molecule has 0 bridgehead atoms. The van der Waals surface area contributed by atoms with Gasteiger partial charge in [-0.2, -0.15) is 0 Å². The third kappa shape index (κ3) is 4.44. The molecule has 1 aliphatic heterocycles. The average Bonchev–Trinajstić information content (AvgIpc) is 3.35. The molecule has 158 valence electrons. The standard InChI is InChI=1S/C22H22Cl2N2O2S2/c1-13-14(2)30-22(25-21(27)18-4-3-11-29-18)19(13)20(26-7-9-28-10-8-26)16-6-5-15(23)12-17(16)24/h3-6,11-12,20H,7-10H2,1-2H3,(H,25,27)/t20-/m0/s1. The molecular weight excluding hydrogens is 459 g/mol. The number of morpholine rings is 1. The minimum absolute atomic E-state index is 0.0876. The van der Waals surface area contributed by atoms with Gasteiger partial charge in [-0.1, -0.05) is 35.3 Å². The van der Waals surface area contributed by atoms with Gasteiger partial charge in [0, 0.05) is 33.6 Å². The molecule has 4 rings (SSSR count). The minimum Gasteiger partial charge on any atom is -0.379 e. The van der Waals surface area contributed by atoms with Crippen molar-refractivity contribution in [1.82, 2.24) is 4.90 Å². The van der Waals surface area contributed by atoms with Crippen LogP contribution in [-0.4, -0.2) is 37.1 Å². The number of thiophene rings is 2. The molecule has 1 saturated heterocycles. The number of aryl methyl sites for hydroxylation is 1. The van der Waals surface area contributed by atoms with Gasteiger partial charge in [-0.05, 0) is 48.6 Å². The van der Waals surface area contributed by atoms with E-state index in [0.717, 1.165) is 29.2 Å². The number of hydrogen-bond acceptors (Lipinski definition) is 5. The van der Waals surface area contributed by atoms with Gasteiger partial charge < -0.3 is 10.1 Å². The molecule has 1 aliphatic rings. The van der Waals surface area contributed by atoms with E-state index in [-0.39, 0.29) is 11.9 Å². The van der Waals surface area contributed by atoms with Crippen molar-refractivity contribution >= 4 is 56.8 Å². The molecule has 0 aliphatic carbocycles. The van der Waals surface area contributed by atoms with E-state index in [2.05, 4.69) is 24.1 Å². The highest BCUT2D eigenvalue weighted by Gasteiger charge is 2.32. The van der Waals surface area contributed by atoms with E-state index < -0.39 is 0 Å². The predicted octanol–water partition coefficient (Wildman–Crippen LogP) is 6.41. The monoisotopic (exact) mass is 480 g/mol. The molecule has 1 aromatic carbocycles. The quantitative estimate of drug-likeness (QED) is 0.458. The lowest BCUT2D eigenvalue weighted by atomic mass is 9.94. The Morgan fingerprint density at radius 2 is 1.97 bits per heavy atom. The van der Waals surface area contributed by atoms with Gasteiger partial charge in [0.15, 0.2) is 0 Å². The van der Waals surface area contributed by atoms with E-state index in [1.54, 1.807) is 17.4 Å². The number of benzene rings is 1. The van der Waals surface area contributed by atoms with Gasteiger partial charge in [0.25, 0.3) is 5.91 Å². The number of amides is 1. The van der Waals surface area contributed by atoms with Crippen molar-refractivity contribution in [1.29, 1.82) is 0 Å². The molecule has 3 heterocycles. The van der Waals surface area contributed by atoms with Crippen LogP contribution in [0.2, 0.25) is 10.0 Å². The molecule has 30 heavy (non-hydrogen) atoms. The summed E-state index contributed by atoms with van der Waals surface area (Å²) in [5.74, 6) is -0.0876. The summed E-state index contributed by atoms with van der Waals surface area (Å²) in [5.41, 5.74) is 3.24. The van der Waals surface area contributed by atoms with Crippen LogP contribution < -0.4 is 5.32 Å². The van der Waals surface area contributed by atoms with Crippen molar-refractivity contribution in [2.45, 2.75) is 19.9 Å². The Kier molecular flexibility index (Phi) is 6.82. The van der Waals surface area contributed by atoms with Gasteiger partial charge in [-0.15, -0.1) is 22.7 Å². The summed E-state index contributed by atoms with van der Waals surface area (Å²) >= 11 is 15.9. The van der Waals surface area contributed by atoms with E-state index in [1.807, 2.05) is 29.6 Å². The highest BCUT2D eigenvalue weighted by Crippen LogP contribution is 2.44. The summed E-state index contributed by atoms with van der Waals surface area (Å²) in [6.45, 7) is 7.11. The summed E-state index contributed by atoms with van der Waals surface area (Å²) in [6.07, 6.45) is 0. The zero-order valence-corrected chi connectivity index (χ0v) is 19.9. The molecule has 0 radical (unpaired) electrons. The summed E-state index contributed by atoms with van der Waals surface area (Å²) in [5, 5.41) is 7.16. The minimum atomic E-state index is -0.0951. The first-order valence-electron chi connectivity index (χ1n) is 9.67. The first-order valence-corrected chi connectivity index (χ1v) is 12.1. The van der Waals surface area contributed by atoms with Crippen LogP contribution in [0.4, 0.5) is 5.00 Å². The van der Waals surface area contributed by atoms with Crippen molar-refractivity contribution in [2.75, 3.05) is 31.6 Å². The predicted molar refractivity (Wildman–Crippen MR) is 127 cm³/mol. The molecule has 1 fully saturated rings. The lowest BCUT2D eigenvalue weighted by Gasteiger charge is -2.36. The summed E-state index contributed by atoms with van der Waals surface area (Å²) < 4.78 is 5.59. The molecule has 8 heteroatoms. The number of anilines is 1. The van der Waals surface area contributed by atoms with E-state index in [1.165, 1.54) is 21.8 Å². The molecule has 3 aromatic rings. The van der Waals surface area contributed by atoms with Crippen molar-refractivity contribution in [3.8, 4) is 0 Å². The highest BCUT2D eigenvalue weighted by molar-refractivity contribution is 7.17. The third-order valence-corrected chi connectivity index (χ3v) is 7.91. The summed E-state index contributed by atoms with van der Waals surface area (Å²) in [6, 6.07) is 9.27. The maximum Gasteiger partial charge on any atom is 0.266 e. The number of nitrogens with zero attached hydrogens (tertiary/aromatic N) is 1. The maximum absolute atomic E-state index is 12.8. The van der Waals surface area contributed by atoms with Gasteiger partial charge in [0.2, 0.25) is 0 Å².